The van der Waals surface area contributed by atoms with Gasteiger partial charge in [-0.25, -0.2) is 9.78 Å². The molecule has 1 amide bonds. The Labute approximate surface area is 128 Å². The van der Waals surface area contributed by atoms with Crippen LogP contribution in [0.15, 0.2) is 5.38 Å². The number of aromatic nitrogens is 1. The van der Waals surface area contributed by atoms with Gasteiger partial charge >= 0.3 is 6.09 Å². The third kappa shape index (κ3) is 2.81. The Bertz CT molecular complexity index is 578. The predicted molar refractivity (Wildman–Crippen MR) is 79.5 cm³/mol. The van der Waals surface area contributed by atoms with Crippen molar-refractivity contribution < 1.29 is 14.3 Å². The lowest BCUT2D eigenvalue weighted by atomic mass is 10.2. The molecule has 1 aliphatic carbocycles. The van der Waals surface area contributed by atoms with Crippen LogP contribution in [0.1, 0.15) is 36.3 Å². The van der Waals surface area contributed by atoms with Gasteiger partial charge in [-0.05, 0) is 39.5 Å². The molecule has 1 aromatic heterocycles. The number of nitrogens with zero attached hydrogens (tertiary/aromatic N) is 2. The number of fused-ring (bicyclic) bond motifs is 1. The van der Waals surface area contributed by atoms with Crippen LogP contribution < -0.4 is 0 Å². The van der Waals surface area contributed by atoms with E-state index in [0.717, 1.165) is 5.69 Å². The van der Waals surface area contributed by atoms with Gasteiger partial charge in [0.05, 0.1) is 0 Å². The number of Topliss-reactive ketones (excluding diaryl/α,β-unsaturated/α-hetero) is 1. The van der Waals surface area contributed by atoms with E-state index in [1.807, 2.05) is 33.1 Å². The fourth-order valence-electron chi connectivity index (χ4n) is 3.00. The predicted octanol–water partition coefficient (Wildman–Crippen LogP) is 2.75. The lowest BCUT2D eigenvalue weighted by molar-refractivity contribution is 0.0264. The van der Waals surface area contributed by atoms with Crippen LogP contribution in [0.2, 0.25) is 0 Å². The minimum Gasteiger partial charge on any atom is -0.444 e. The second-order valence-electron chi connectivity index (χ2n) is 6.90. The second kappa shape index (κ2) is 4.80. The Morgan fingerprint density at radius 3 is 2.43 bits per heavy atom. The van der Waals surface area contributed by atoms with Crippen molar-refractivity contribution in [2.75, 3.05) is 13.1 Å². The number of carbonyl (C=O) groups excluding carboxylic acids is 2. The van der Waals surface area contributed by atoms with Crippen LogP contribution in [0, 0.1) is 24.7 Å². The normalized spacial score (nSPS) is 27.4. The summed E-state index contributed by atoms with van der Waals surface area (Å²) in [5.74, 6) is 0.768. The van der Waals surface area contributed by atoms with E-state index in [9.17, 15) is 9.59 Å². The molecule has 3 atom stereocenters. The molecule has 21 heavy (non-hydrogen) atoms. The Kier molecular flexibility index (Phi) is 3.31. The van der Waals surface area contributed by atoms with Crippen molar-refractivity contribution in [1.82, 2.24) is 9.88 Å². The smallest absolute Gasteiger partial charge is 0.410 e. The van der Waals surface area contributed by atoms with Gasteiger partial charge in [-0.3, -0.25) is 4.79 Å². The van der Waals surface area contributed by atoms with E-state index in [-0.39, 0.29) is 29.6 Å². The zero-order valence-corrected chi connectivity index (χ0v) is 13.6. The lowest BCUT2D eigenvalue weighted by Crippen LogP contribution is -2.37. The fourth-order valence-corrected chi connectivity index (χ4v) is 3.78. The van der Waals surface area contributed by atoms with E-state index < -0.39 is 5.60 Å². The number of carbonyl (C=O) groups is 2. The van der Waals surface area contributed by atoms with Crippen LogP contribution in [0.4, 0.5) is 4.79 Å². The molecule has 0 radical (unpaired) electrons. The van der Waals surface area contributed by atoms with Crippen LogP contribution in [0.3, 0.4) is 0 Å². The molecule has 3 rings (SSSR count). The van der Waals surface area contributed by atoms with Gasteiger partial charge in [-0.1, -0.05) is 0 Å². The molecule has 2 fully saturated rings. The first-order valence-corrected chi connectivity index (χ1v) is 8.08. The number of ether oxygens (including phenoxy) is 1. The van der Waals surface area contributed by atoms with Gasteiger partial charge in [-0.2, -0.15) is 0 Å². The number of aryl methyl sites for hydroxylation is 1. The molecule has 0 N–H and O–H groups in total. The van der Waals surface area contributed by atoms with Gasteiger partial charge in [0.25, 0.3) is 0 Å². The van der Waals surface area contributed by atoms with Gasteiger partial charge in [0.1, 0.15) is 5.60 Å². The van der Waals surface area contributed by atoms with Gasteiger partial charge in [0.15, 0.2) is 10.8 Å². The average molecular weight is 308 g/mol. The van der Waals surface area contributed by atoms with Crippen molar-refractivity contribution in [3.8, 4) is 0 Å². The molecule has 6 heteroatoms. The number of ketones is 1. The minimum absolute atomic E-state index is 0.0502. The molecular weight excluding hydrogens is 288 g/mol. The highest BCUT2D eigenvalue weighted by atomic mass is 32.1. The summed E-state index contributed by atoms with van der Waals surface area (Å²) in [4.78, 5) is 30.3. The molecule has 1 aromatic rings. The van der Waals surface area contributed by atoms with Crippen molar-refractivity contribution >= 4 is 23.2 Å². The topological polar surface area (TPSA) is 59.5 Å². The number of hydrogen-bond acceptors (Lipinski definition) is 5. The molecule has 5 nitrogen and oxygen atoms in total. The number of amides is 1. The first kappa shape index (κ1) is 14.5. The molecule has 2 aliphatic rings. The molecule has 1 aliphatic heterocycles. The van der Waals surface area contributed by atoms with Crippen molar-refractivity contribution in [1.29, 1.82) is 0 Å². The number of thiazole rings is 1. The SMILES string of the molecule is Cc1csc(C(=O)C2[C@H]3CN(C(=O)OC(C)(C)C)C[C@@H]23)n1. The summed E-state index contributed by atoms with van der Waals surface area (Å²) in [5, 5.41) is 2.51. The maximum atomic E-state index is 12.4. The van der Waals surface area contributed by atoms with Gasteiger partial charge < -0.3 is 9.64 Å². The van der Waals surface area contributed by atoms with E-state index in [4.69, 9.17) is 4.74 Å². The van der Waals surface area contributed by atoms with E-state index >= 15 is 0 Å². The second-order valence-corrected chi connectivity index (χ2v) is 7.76. The number of rotatable bonds is 2. The summed E-state index contributed by atoms with van der Waals surface area (Å²) >= 11 is 1.41. The summed E-state index contributed by atoms with van der Waals surface area (Å²) < 4.78 is 5.37. The minimum atomic E-state index is -0.475. The average Bonchev–Trinajstić information content (AvgIpc) is 2.76. The summed E-state index contributed by atoms with van der Waals surface area (Å²) in [7, 11) is 0. The molecule has 1 unspecified atom stereocenters. The van der Waals surface area contributed by atoms with E-state index in [0.29, 0.717) is 18.1 Å². The number of piperidine rings is 1. The van der Waals surface area contributed by atoms with E-state index in [1.54, 1.807) is 4.90 Å². The van der Waals surface area contributed by atoms with Crippen LogP contribution >= 0.6 is 11.3 Å². The van der Waals surface area contributed by atoms with Crippen molar-refractivity contribution in [3.63, 3.8) is 0 Å². The molecule has 0 spiro atoms. The zero-order chi connectivity index (χ0) is 15.4. The lowest BCUT2D eigenvalue weighted by Gasteiger charge is -2.25. The number of hydrogen-bond donors (Lipinski definition) is 0. The monoisotopic (exact) mass is 308 g/mol. The maximum Gasteiger partial charge on any atom is 0.410 e. The van der Waals surface area contributed by atoms with Crippen LogP contribution in [-0.4, -0.2) is 40.5 Å². The van der Waals surface area contributed by atoms with E-state index in [2.05, 4.69) is 4.98 Å². The van der Waals surface area contributed by atoms with Crippen molar-refractivity contribution in [2.24, 2.45) is 17.8 Å². The highest BCUT2D eigenvalue weighted by Gasteiger charge is 2.60. The molecule has 2 heterocycles. The number of likely N-dealkylation sites (tertiary alicyclic amines) is 1. The van der Waals surface area contributed by atoms with E-state index in [1.165, 1.54) is 11.3 Å². The third-order valence-electron chi connectivity index (χ3n) is 3.98. The first-order valence-electron chi connectivity index (χ1n) is 7.20. The molecule has 0 bridgehead atoms. The summed E-state index contributed by atoms with van der Waals surface area (Å²) in [6, 6.07) is 0. The molecular formula is C15H20N2O3S. The highest BCUT2D eigenvalue weighted by Crippen LogP contribution is 2.53. The fraction of sp³-hybridized carbons (Fsp3) is 0.667. The third-order valence-corrected chi connectivity index (χ3v) is 4.95. The maximum absolute atomic E-state index is 12.4. The van der Waals surface area contributed by atoms with Gasteiger partial charge in [-0.15, -0.1) is 11.3 Å². The first-order chi connectivity index (χ1) is 9.76. The standard InChI is InChI=1S/C15H20N2O3S/c1-8-7-21-13(16-8)12(18)11-9-5-17(6-10(9)11)14(19)20-15(2,3)4/h7,9-11H,5-6H2,1-4H3/t9-,10+,11?. The molecule has 1 saturated carbocycles. The Morgan fingerprint density at radius 1 is 1.33 bits per heavy atom. The summed E-state index contributed by atoms with van der Waals surface area (Å²) in [6.07, 6.45) is -0.272. The summed E-state index contributed by atoms with van der Waals surface area (Å²) in [6.45, 7) is 8.72. The van der Waals surface area contributed by atoms with Gasteiger partial charge in [0.2, 0.25) is 0 Å². The quantitative estimate of drug-likeness (QED) is 0.788. The Hall–Kier alpha value is -1.43. The summed E-state index contributed by atoms with van der Waals surface area (Å²) in [5.41, 5.74) is 0.418. The Balaban J connectivity index is 1.57. The van der Waals surface area contributed by atoms with Crippen LogP contribution in [-0.2, 0) is 4.74 Å². The molecule has 114 valence electrons. The highest BCUT2D eigenvalue weighted by molar-refractivity contribution is 7.11. The van der Waals surface area contributed by atoms with Crippen LogP contribution in [0.5, 0.6) is 0 Å². The zero-order valence-electron chi connectivity index (χ0n) is 12.8. The van der Waals surface area contributed by atoms with Crippen molar-refractivity contribution in [2.45, 2.75) is 33.3 Å². The van der Waals surface area contributed by atoms with Crippen molar-refractivity contribution in [3.05, 3.63) is 16.1 Å². The van der Waals surface area contributed by atoms with Gasteiger partial charge in [0, 0.05) is 30.1 Å². The largest absolute Gasteiger partial charge is 0.444 e. The Morgan fingerprint density at radius 2 is 1.95 bits per heavy atom. The molecule has 1 saturated heterocycles. The molecule has 0 aromatic carbocycles. The van der Waals surface area contributed by atoms with Crippen LogP contribution in [0.25, 0.3) is 0 Å².